The van der Waals surface area contributed by atoms with Gasteiger partial charge in [0.25, 0.3) is 5.91 Å². The van der Waals surface area contributed by atoms with Gasteiger partial charge in [-0.15, -0.1) is 11.3 Å². The van der Waals surface area contributed by atoms with Crippen LogP contribution in [0.3, 0.4) is 0 Å². The van der Waals surface area contributed by atoms with Gasteiger partial charge in [-0.3, -0.25) is 9.59 Å². The van der Waals surface area contributed by atoms with Crippen LogP contribution in [0.1, 0.15) is 32.6 Å². The van der Waals surface area contributed by atoms with Gasteiger partial charge in [0.2, 0.25) is 5.91 Å². The van der Waals surface area contributed by atoms with E-state index in [0.717, 1.165) is 17.7 Å². The highest BCUT2D eigenvalue weighted by molar-refractivity contribution is 7.13. The maximum Gasteiger partial charge on any atom is 0.261 e. The number of rotatable bonds is 7. The standard InChI is InChI=1S/C20H23N3O2S/c1-3-14-5-4-6-16-15(11-22-19(14)16)9-10-21-18(24)12-23-20(25)17-8-7-13(2)26-17/h4-8,11,22H,3,9-10,12H2,1-2H3,(H,21,24)(H,23,25). The van der Waals surface area contributed by atoms with Crippen molar-refractivity contribution in [2.75, 3.05) is 13.1 Å². The van der Waals surface area contributed by atoms with Crippen molar-refractivity contribution in [3.05, 3.63) is 57.4 Å². The van der Waals surface area contributed by atoms with Gasteiger partial charge in [0.15, 0.2) is 0 Å². The quantitative estimate of drug-likeness (QED) is 0.598. The lowest BCUT2D eigenvalue weighted by molar-refractivity contribution is -0.120. The third-order valence-corrected chi connectivity index (χ3v) is 5.36. The van der Waals surface area contributed by atoms with Crippen molar-refractivity contribution in [3.63, 3.8) is 0 Å². The molecule has 0 aliphatic rings. The molecule has 0 spiro atoms. The molecular weight excluding hydrogens is 346 g/mol. The minimum atomic E-state index is -0.207. The largest absolute Gasteiger partial charge is 0.361 e. The van der Waals surface area contributed by atoms with E-state index in [0.29, 0.717) is 11.4 Å². The average Bonchev–Trinajstić information content (AvgIpc) is 3.26. The summed E-state index contributed by atoms with van der Waals surface area (Å²) in [6.07, 6.45) is 3.74. The van der Waals surface area contributed by atoms with Crippen molar-refractivity contribution >= 4 is 34.1 Å². The third-order valence-electron chi connectivity index (χ3n) is 4.36. The summed E-state index contributed by atoms with van der Waals surface area (Å²) in [6.45, 7) is 4.61. The Hall–Kier alpha value is -2.60. The number of thiophene rings is 1. The lowest BCUT2D eigenvalue weighted by Crippen LogP contribution is -2.37. The van der Waals surface area contributed by atoms with E-state index in [1.165, 1.54) is 33.4 Å². The van der Waals surface area contributed by atoms with E-state index in [-0.39, 0.29) is 18.4 Å². The molecule has 3 rings (SSSR count). The molecule has 2 amide bonds. The maximum absolute atomic E-state index is 11.9. The van der Waals surface area contributed by atoms with Crippen LogP contribution in [0.2, 0.25) is 0 Å². The molecule has 0 aliphatic heterocycles. The van der Waals surface area contributed by atoms with Gasteiger partial charge in [-0.2, -0.15) is 0 Å². The van der Waals surface area contributed by atoms with E-state index in [1.54, 1.807) is 6.07 Å². The molecule has 0 fully saturated rings. The van der Waals surface area contributed by atoms with E-state index in [1.807, 2.05) is 19.2 Å². The fourth-order valence-corrected chi connectivity index (χ4v) is 3.76. The fourth-order valence-electron chi connectivity index (χ4n) is 2.98. The molecule has 2 aromatic heterocycles. The van der Waals surface area contributed by atoms with Crippen LogP contribution in [0.4, 0.5) is 0 Å². The highest BCUT2D eigenvalue weighted by atomic mass is 32.1. The number of amides is 2. The number of H-pyrrole nitrogens is 1. The Kier molecular flexibility index (Phi) is 5.73. The summed E-state index contributed by atoms with van der Waals surface area (Å²) in [7, 11) is 0. The van der Waals surface area contributed by atoms with Crippen LogP contribution in [0.15, 0.2) is 36.5 Å². The molecule has 2 heterocycles. The maximum atomic E-state index is 11.9. The van der Waals surface area contributed by atoms with Gasteiger partial charge >= 0.3 is 0 Å². The second-order valence-electron chi connectivity index (χ2n) is 6.20. The van der Waals surface area contributed by atoms with Crippen molar-refractivity contribution < 1.29 is 9.59 Å². The number of nitrogens with one attached hydrogen (secondary N) is 3. The summed E-state index contributed by atoms with van der Waals surface area (Å²) in [6, 6.07) is 9.96. The summed E-state index contributed by atoms with van der Waals surface area (Å²) in [5.41, 5.74) is 3.66. The van der Waals surface area contributed by atoms with Crippen LogP contribution in [-0.4, -0.2) is 29.9 Å². The predicted molar refractivity (Wildman–Crippen MR) is 106 cm³/mol. The van der Waals surface area contributed by atoms with Crippen LogP contribution in [0.25, 0.3) is 10.9 Å². The van der Waals surface area contributed by atoms with Crippen molar-refractivity contribution in [2.45, 2.75) is 26.7 Å². The second-order valence-corrected chi connectivity index (χ2v) is 7.49. The van der Waals surface area contributed by atoms with Crippen molar-refractivity contribution in [2.24, 2.45) is 0 Å². The van der Waals surface area contributed by atoms with Crippen LogP contribution >= 0.6 is 11.3 Å². The summed E-state index contributed by atoms with van der Waals surface area (Å²) in [4.78, 5) is 28.9. The lowest BCUT2D eigenvalue weighted by atomic mass is 10.1. The van der Waals surface area contributed by atoms with Gasteiger partial charge in [-0.25, -0.2) is 0 Å². The smallest absolute Gasteiger partial charge is 0.261 e. The van der Waals surface area contributed by atoms with E-state index >= 15 is 0 Å². The molecule has 0 unspecified atom stereocenters. The Bertz CT molecular complexity index is 926. The highest BCUT2D eigenvalue weighted by Crippen LogP contribution is 2.22. The number of hydrogen-bond acceptors (Lipinski definition) is 3. The van der Waals surface area contributed by atoms with E-state index in [2.05, 4.69) is 40.7 Å². The number of aryl methyl sites for hydroxylation is 2. The SMILES string of the molecule is CCc1cccc2c(CCNC(=O)CNC(=O)c3ccc(C)s3)c[nH]c12. The molecule has 0 aliphatic carbocycles. The predicted octanol–water partition coefficient (Wildman–Crippen LogP) is 3.19. The molecule has 0 saturated carbocycles. The van der Waals surface area contributed by atoms with Crippen molar-refractivity contribution in [1.29, 1.82) is 0 Å². The number of aromatic nitrogens is 1. The molecule has 136 valence electrons. The number of carbonyl (C=O) groups is 2. The monoisotopic (exact) mass is 369 g/mol. The average molecular weight is 369 g/mol. The van der Waals surface area contributed by atoms with Gasteiger partial charge < -0.3 is 15.6 Å². The molecule has 0 atom stereocenters. The minimum absolute atomic E-state index is 0.0103. The van der Waals surface area contributed by atoms with Crippen molar-refractivity contribution in [3.8, 4) is 0 Å². The van der Waals surface area contributed by atoms with Crippen LogP contribution in [-0.2, 0) is 17.6 Å². The molecule has 0 saturated heterocycles. The van der Waals surface area contributed by atoms with Gasteiger partial charge in [0.1, 0.15) is 0 Å². The Morgan fingerprint density at radius 2 is 1.96 bits per heavy atom. The highest BCUT2D eigenvalue weighted by Gasteiger charge is 2.10. The summed E-state index contributed by atoms with van der Waals surface area (Å²) in [5, 5.41) is 6.72. The number of benzene rings is 1. The van der Waals surface area contributed by atoms with Crippen molar-refractivity contribution in [1.82, 2.24) is 15.6 Å². The molecule has 0 radical (unpaired) electrons. The molecule has 3 N–H and O–H groups in total. The van der Waals surface area contributed by atoms with Crippen LogP contribution < -0.4 is 10.6 Å². The van der Waals surface area contributed by atoms with Gasteiger partial charge in [-0.05, 0) is 43.0 Å². The third kappa shape index (κ3) is 4.14. The first-order valence-electron chi connectivity index (χ1n) is 8.77. The first-order valence-corrected chi connectivity index (χ1v) is 9.59. The normalized spacial score (nSPS) is 10.8. The number of para-hydroxylation sites is 1. The molecule has 1 aromatic carbocycles. The zero-order valence-corrected chi connectivity index (χ0v) is 15.8. The summed E-state index contributed by atoms with van der Waals surface area (Å²) >= 11 is 1.42. The van der Waals surface area contributed by atoms with Crippen LogP contribution in [0.5, 0.6) is 0 Å². The number of fused-ring (bicyclic) bond motifs is 1. The van der Waals surface area contributed by atoms with E-state index < -0.39 is 0 Å². The number of aromatic amines is 1. The summed E-state index contributed by atoms with van der Waals surface area (Å²) in [5.74, 6) is -0.386. The first kappa shape index (κ1) is 18.2. The Morgan fingerprint density at radius 1 is 1.12 bits per heavy atom. The zero-order chi connectivity index (χ0) is 18.5. The fraction of sp³-hybridized carbons (Fsp3) is 0.300. The number of hydrogen-bond donors (Lipinski definition) is 3. The molecule has 6 heteroatoms. The topological polar surface area (TPSA) is 74.0 Å². The van der Waals surface area contributed by atoms with Gasteiger partial charge in [-0.1, -0.05) is 25.1 Å². The van der Waals surface area contributed by atoms with Crippen LogP contribution in [0, 0.1) is 6.92 Å². The second kappa shape index (κ2) is 8.19. The lowest BCUT2D eigenvalue weighted by Gasteiger charge is -2.06. The van der Waals surface area contributed by atoms with E-state index in [4.69, 9.17) is 0 Å². The molecule has 5 nitrogen and oxygen atoms in total. The van der Waals surface area contributed by atoms with Gasteiger partial charge in [0.05, 0.1) is 11.4 Å². The molecule has 3 aromatic rings. The molecule has 0 bridgehead atoms. The Balaban J connectivity index is 1.47. The van der Waals surface area contributed by atoms with Gasteiger partial charge in [0, 0.05) is 28.5 Å². The Labute approximate surface area is 156 Å². The van der Waals surface area contributed by atoms with E-state index in [9.17, 15) is 9.59 Å². The molecule has 26 heavy (non-hydrogen) atoms. The number of carbonyl (C=O) groups excluding carboxylic acids is 2. The zero-order valence-electron chi connectivity index (χ0n) is 15.0. The Morgan fingerprint density at radius 3 is 2.69 bits per heavy atom. The first-order chi connectivity index (χ1) is 12.6. The molecular formula is C20H23N3O2S. The summed E-state index contributed by atoms with van der Waals surface area (Å²) < 4.78 is 0. The minimum Gasteiger partial charge on any atom is -0.361 e.